The summed E-state index contributed by atoms with van der Waals surface area (Å²) in [6.45, 7) is 11.1. The van der Waals surface area contributed by atoms with Crippen LogP contribution in [0.3, 0.4) is 0 Å². The minimum atomic E-state index is -0.909. The van der Waals surface area contributed by atoms with Gasteiger partial charge in [-0.15, -0.1) is 0 Å². The molecule has 0 amide bonds. The van der Waals surface area contributed by atoms with E-state index in [-0.39, 0.29) is 40.6 Å². The van der Waals surface area contributed by atoms with Gasteiger partial charge in [0.15, 0.2) is 11.3 Å². The molecule has 0 saturated heterocycles. The highest BCUT2D eigenvalue weighted by Gasteiger charge is 2.29. The number of methoxy groups -OCH3 is 3. The zero-order valence-electron chi connectivity index (χ0n) is 19.7. The summed E-state index contributed by atoms with van der Waals surface area (Å²) in [6.07, 6.45) is -1.62. The summed E-state index contributed by atoms with van der Waals surface area (Å²) >= 11 is 0. The average molecular weight is 455 g/mol. The van der Waals surface area contributed by atoms with Crippen LogP contribution in [-0.2, 0) is 12.8 Å². The topological polar surface area (TPSA) is 98.4 Å². The maximum Gasteiger partial charge on any atom is 0.204 e. The predicted molar refractivity (Wildman–Crippen MR) is 129 cm³/mol. The van der Waals surface area contributed by atoms with E-state index in [0.29, 0.717) is 39.2 Å². The van der Waals surface area contributed by atoms with Crippen LogP contribution in [0.2, 0.25) is 0 Å². The number of ether oxygens (including phenoxy) is 3. The van der Waals surface area contributed by atoms with Gasteiger partial charge in [0.1, 0.15) is 22.5 Å². The van der Waals surface area contributed by atoms with E-state index in [1.54, 1.807) is 32.0 Å². The first-order valence-electron chi connectivity index (χ1n) is 10.5. The molecule has 2 N–H and O–H groups in total. The van der Waals surface area contributed by atoms with Gasteiger partial charge in [-0.25, -0.2) is 0 Å². The van der Waals surface area contributed by atoms with Gasteiger partial charge in [-0.3, -0.25) is 4.79 Å². The monoisotopic (exact) mass is 454 g/mol. The lowest BCUT2D eigenvalue weighted by Crippen LogP contribution is -2.18. The highest BCUT2D eigenvalue weighted by atomic mass is 16.5. The summed E-state index contributed by atoms with van der Waals surface area (Å²) in [5, 5.41) is 21.7. The molecule has 2 atom stereocenters. The summed E-state index contributed by atoms with van der Waals surface area (Å²) in [7, 11) is 4.42. The van der Waals surface area contributed by atoms with Crippen molar-refractivity contribution in [3.05, 3.63) is 63.9 Å². The fourth-order valence-electron chi connectivity index (χ4n) is 3.89. The molecule has 3 aromatic rings. The van der Waals surface area contributed by atoms with E-state index in [1.165, 1.54) is 21.3 Å². The molecule has 0 aliphatic carbocycles. The second-order valence-electron chi connectivity index (χ2n) is 8.13. The molecule has 1 heterocycles. The Morgan fingerprint density at radius 3 is 2.00 bits per heavy atom. The Hall–Kier alpha value is -3.29. The molecular weight excluding hydrogens is 424 g/mol. The van der Waals surface area contributed by atoms with E-state index in [9.17, 15) is 15.0 Å². The summed E-state index contributed by atoms with van der Waals surface area (Å²) in [5.41, 5.74) is 2.24. The van der Waals surface area contributed by atoms with Gasteiger partial charge in [-0.2, -0.15) is 0 Å². The molecular formula is C26H30O7. The molecule has 0 bridgehead atoms. The van der Waals surface area contributed by atoms with Gasteiger partial charge in [0.2, 0.25) is 5.43 Å². The van der Waals surface area contributed by atoms with Gasteiger partial charge in [0, 0.05) is 24.0 Å². The Morgan fingerprint density at radius 2 is 1.48 bits per heavy atom. The second kappa shape index (κ2) is 9.68. The Bertz CT molecular complexity index is 1290. The minimum absolute atomic E-state index is 0.0821. The molecule has 3 rings (SSSR count). The number of hydrogen-bond donors (Lipinski definition) is 2. The molecule has 0 radical (unpaired) electrons. The van der Waals surface area contributed by atoms with E-state index in [0.717, 1.165) is 0 Å². The zero-order chi connectivity index (χ0) is 24.4. The fraction of sp³-hybridized carbons (Fsp3) is 0.346. The van der Waals surface area contributed by atoms with Crippen LogP contribution < -0.4 is 19.6 Å². The summed E-state index contributed by atoms with van der Waals surface area (Å²) in [4.78, 5) is 13.7. The van der Waals surface area contributed by atoms with Crippen LogP contribution in [0.5, 0.6) is 17.2 Å². The van der Waals surface area contributed by atoms with Crippen molar-refractivity contribution >= 4 is 21.9 Å². The first-order chi connectivity index (χ1) is 15.7. The van der Waals surface area contributed by atoms with E-state index in [4.69, 9.17) is 18.6 Å². The van der Waals surface area contributed by atoms with E-state index < -0.39 is 12.2 Å². The van der Waals surface area contributed by atoms with Crippen molar-refractivity contribution in [3.8, 4) is 17.2 Å². The first kappa shape index (κ1) is 24.4. The largest absolute Gasteiger partial charge is 0.496 e. The van der Waals surface area contributed by atoms with Crippen molar-refractivity contribution in [1.29, 1.82) is 0 Å². The third-order valence-electron chi connectivity index (χ3n) is 5.77. The molecule has 0 fully saturated rings. The smallest absolute Gasteiger partial charge is 0.204 e. The van der Waals surface area contributed by atoms with Crippen LogP contribution >= 0.6 is 0 Å². The molecule has 2 unspecified atom stereocenters. The summed E-state index contributed by atoms with van der Waals surface area (Å²) in [5.74, 6) is 1.00. The Kier molecular flexibility index (Phi) is 7.15. The van der Waals surface area contributed by atoms with Crippen molar-refractivity contribution in [2.45, 2.75) is 38.9 Å². The van der Waals surface area contributed by atoms with Crippen LogP contribution in [0.15, 0.2) is 51.7 Å². The SMILES string of the molecule is C=C(C)C(O)Cc1c(OC)c(CC(O)C(=C)C)c2oc3c(OC)cccc3c(=O)c2c1OC. The molecule has 1 aromatic heterocycles. The third-order valence-corrected chi connectivity index (χ3v) is 5.77. The Morgan fingerprint density at radius 1 is 0.909 bits per heavy atom. The lowest BCUT2D eigenvalue weighted by molar-refractivity contribution is 0.206. The second-order valence-corrected chi connectivity index (χ2v) is 8.13. The van der Waals surface area contributed by atoms with E-state index in [1.807, 2.05) is 0 Å². The number of fused-ring (bicyclic) bond motifs is 2. The van der Waals surface area contributed by atoms with Gasteiger partial charge in [-0.1, -0.05) is 30.4 Å². The molecule has 33 heavy (non-hydrogen) atoms. The highest BCUT2D eigenvalue weighted by Crippen LogP contribution is 2.43. The third kappa shape index (κ3) is 4.34. The quantitative estimate of drug-likeness (QED) is 0.373. The molecule has 7 nitrogen and oxygen atoms in total. The zero-order valence-corrected chi connectivity index (χ0v) is 19.7. The Labute approximate surface area is 192 Å². The lowest BCUT2D eigenvalue weighted by Gasteiger charge is -2.23. The number of rotatable bonds is 9. The van der Waals surface area contributed by atoms with Crippen molar-refractivity contribution in [1.82, 2.24) is 0 Å². The van der Waals surface area contributed by atoms with Gasteiger partial charge >= 0.3 is 0 Å². The standard InChI is InChI=1S/C26H30O7/c1-13(2)18(27)11-16-23(31-6)17(12-19(28)14(3)4)26-21(25(16)32-7)22(29)15-9-8-10-20(30-5)24(15)33-26/h8-10,18-19,27-28H,1,3,11-12H2,2,4-7H3. The predicted octanol–water partition coefficient (Wildman–Crippen LogP) is 3.93. The van der Waals surface area contributed by atoms with Gasteiger partial charge in [0.05, 0.1) is 38.9 Å². The van der Waals surface area contributed by atoms with E-state index in [2.05, 4.69) is 13.2 Å². The van der Waals surface area contributed by atoms with Gasteiger partial charge < -0.3 is 28.8 Å². The van der Waals surface area contributed by atoms with Gasteiger partial charge in [-0.05, 0) is 26.0 Å². The summed E-state index contributed by atoms with van der Waals surface area (Å²) < 4.78 is 23.1. The maximum absolute atomic E-state index is 13.7. The Balaban J connectivity index is 2.55. The molecule has 2 aromatic carbocycles. The molecule has 0 saturated carbocycles. The fourth-order valence-corrected chi connectivity index (χ4v) is 3.89. The van der Waals surface area contributed by atoms with Crippen LogP contribution in [0, 0.1) is 0 Å². The molecule has 0 spiro atoms. The average Bonchev–Trinajstić information content (AvgIpc) is 2.79. The van der Waals surface area contributed by atoms with Crippen LogP contribution in [0.4, 0.5) is 0 Å². The summed E-state index contributed by atoms with van der Waals surface area (Å²) in [6, 6.07) is 5.06. The van der Waals surface area contributed by atoms with Crippen LogP contribution in [-0.4, -0.2) is 43.8 Å². The lowest BCUT2D eigenvalue weighted by atomic mass is 9.92. The maximum atomic E-state index is 13.7. The molecule has 0 aliphatic heterocycles. The van der Waals surface area contributed by atoms with Crippen molar-refractivity contribution in [2.75, 3.05) is 21.3 Å². The number of aliphatic hydroxyl groups excluding tert-OH is 2. The van der Waals surface area contributed by atoms with Crippen molar-refractivity contribution < 1.29 is 28.8 Å². The first-order valence-corrected chi connectivity index (χ1v) is 10.5. The van der Waals surface area contributed by atoms with Gasteiger partial charge in [0.25, 0.3) is 0 Å². The highest BCUT2D eigenvalue weighted by molar-refractivity contribution is 5.98. The van der Waals surface area contributed by atoms with Crippen LogP contribution in [0.25, 0.3) is 21.9 Å². The van der Waals surface area contributed by atoms with Crippen molar-refractivity contribution in [3.63, 3.8) is 0 Å². The number of hydrogen-bond acceptors (Lipinski definition) is 7. The van der Waals surface area contributed by atoms with Crippen molar-refractivity contribution in [2.24, 2.45) is 0 Å². The molecule has 0 aliphatic rings. The number of benzene rings is 2. The number of para-hydroxylation sites is 1. The number of aliphatic hydroxyl groups is 2. The van der Waals surface area contributed by atoms with E-state index >= 15 is 0 Å². The van der Waals surface area contributed by atoms with Crippen LogP contribution in [0.1, 0.15) is 25.0 Å². The molecule has 7 heteroatoms. The molecule has 176 valence electrons. The normalized spacial score (nSPS) is 13.1. The minimum Gasteiger partial charge on any atom is -0.496 e.